The third kappa shape index (κ3) is 10.2. The van der Waals surface area contributed by atoms with Crippen LogP contribution in [0.2, 0.25) is 0 Å². The summed E-state index contributed by atoms with van der Waals surface area (Å²) in [6.45, 7) is 12.9. The molecule has 4 amide bonds. The van der Waals surface area contributed by atoms with Crippen LogP contribution >= 0.6 is 0 Å². The number of carbonyl (C=O) groups excluding carboxylic acids is 4. The average Bonchev–Trinajstić information content (AvgIpc) is 3.83. The second-order valence-corrected chi connectivity index (χ2v) is 17.3. The second-order valence-electron chi connectivity index (χ2n) is 17.3. The molecule has 0 bridgehead atoms. The fourth-order valence-corrected chi connectivity index (χ4v) is 8.89. The molecule has 61 heavy (non-hydrogen) atoms. The fraction of sp³-hybridized carbons (Fsp3) is 0.533. The summed E-state index contributed by atoms with van der Waals surface area (Å²) < 4.78 is 8.04. The smallest absolute Gasteiger partial charge is 0.322 e. The number of aryl methyl sites for hydroxylation is 1. The first-order valence-electron chi connectivity index (χ1n) is 22.0. The lowest BCUT2D eigenvalue weighted by Crippen LogP contribution is -2.52. The molecule has 6 heterocycles. The Morgan fingerprint density at radius 1 is 0.918 bits per heavy atom. The number of piperidine rings is 2. The van der Waals surface area contributed by atoms with E-state index >= 15 is 0 Å². The van der Waals surface area contributed by atoms with Crippen molar-refractivity contribution in [3.63, 3.8) is 0 Å². The summed E-state index contributed by atoms with van der Waals surface area (Å²) in [7, 11) is 2.13. The molecule has 8 rings (SSSR count). The van der Waals surface area contributed by atoms with Gasteiger partial charge in [0.05, 0.1) is 6.20 Å². The quantitative estimate of drug-likeness (QED) is 0.139. The van der Waals surface area contributed by atoms with Gasteiger partial charge < -0.3 is 35.0 Å². The topological polar surface area (TPSA) is 170 Å². The third-order valence-electron chi connectivity index (χ3n) is 12.6. The second kappa shape index (κ2) is 19.1. The van der Waals surface area contributed by atoms with Crippen LogP contribution in [0.4, 0.5) is 11.6 Å². The molecule has 324 valence electrons. The van der Waals surface area contributed by atoms with Crippen LogP contribution in [-0.4, -0.2) is 134 Å². The number of amides is 4. The highest BCUT2D eigenvalue weighted by atomic mass is 16.5. The van der Waals surface area contributed by atoms with Crippen molar-refractivity contribution < 1.29 is 23.9 Å². The largest absolute Gasteiger partial charge is 0.460 e. The van der Waals surface area contributed by atoms with E-state index in [1.54, 1.807) is 9.42 Å². The molecule has 3 fully saturated rings. The number of benzene rings is 2. The molecule has 4 aromatic rings. The van der Waals surface area contributed by atoms with Crippen LogP contribution in [0.1, 0.15) is 97.3 Å². The number of fused-ring (bicyclic) bond motifs is 2. The number of hydrogen-bond acceptors (Lipinski definition) is 12. The van der Waals surface area contributed by atoms with Gasteiger partial charge in [-0.25, -0.2) is 0 Å². The van der Waals surface area contributed by atoms with E-state index in [0.29, 0.717) is 43.5 Å². The van der Waals surface area contributed by atoms with Crippen LogP contribution in [-0.2, 0) is 33.9 Å². The lowest BCUT2D eigenvalue weighted by atomic mass is 9.99. The van der Waals surface area contributed by atoms with Gasteiger partial charge in [0, 0.05) is 82.0 Å². The molecular formula is C45H59N11O5. The van der Waals surface area contributed by atoms with E-state index in [-0.39, 0.29) is 42.1 Å². The zero-order valence-electron chi connectivity index (χ0n) is 35.7. The first-order valence-corrected chi connectivity index (χ1v) is 22.0. The van der Waals surface area contributed by atoms with Crippen molar-refractivity contribution in [1.29, 1.82) is 0 Å². The molecule has 16 nitrogen and oxygen atoms in total. The van der Waals surface area contributed by atoms with Crippen molar-refractivity contribution in [3.05, 3.63) is 76.5 Å². The van der Waals surface area contributed by atoms with Crippen molar-refractivity contribution in [3.8, 4) is 6.01 Å². The van der Waals surface area contributed by atoms with E-state index in [2.05, 4.69) is 62.7 Å². The summed E-state index contributed by atoms with van der Waals surface area (Å²) in [6.07, 6.45) is 7.54. The highest BCUT2D eigenvalue weighted by Crippen LogP contribution is 2.31. The molecule has 16 heteroatoms. The maximum atomic E-state index is 13.2. The van der Waals surface area contributed by atoms with Crippen molar-refractivity contribution in [1.82, 2.24) is 44.5 Å². The fourth-order valence-electron chi connectivity index (χ4n) is 8.89. The zero-order valence-corrected chi connectivity index (χ0v) is 35.7. The molecule has 4 aliphatic rings. The lowest BCUT2D eigenvalue weighted by molar-refractivity contribution is -0.137. The van der Waals surface area contributed by atoms with Gasteiger partial charge in [-0.15, -0.1) is 0 Å². The minimum absolute atomic E-state index is 0.0130. The van der Waals surface area contributed by atoms with Crippen LogP contribution < -0.4 is 20.7 Å². The summed E-state index contributed by atoms with van der Waals surface area (Å²) in [6, 6.07) is 13.5. The highest BCUT2D eigenvalue weighted by Gasteiger charge is 2.39. The number of anilines is 2. The SMILES string of the molecule is CC(C)c1cnn2c(NCc3ccc(NC(=O)CCCN4CCN(CCCc5cccc6c5CN(C5CCC(=O)NC5=O)C6=O)CC4)cc3)nc(OC3CCN(C)CC3)nc12. The van der Waals surface area contributed by atoms with Gasteiger partial charge in [-0.3, -0.25) is 24.5 Å². The van der Waals surface area contributed by atoms with Crippen LogP contribution in [0.15, 0.2) is 48.7 Å². The van der Waals surface area contributed by atoms with Gasteiger partial charge in [0.15, 0.2) is 5.65 Å². The maximum absolute atomic E-state index is 13.2. The van der Waals surface area contributed by atoms with E-state index in [9.17, 15) is 19.2 Å². The molecule has 1 unspecified atom stereocenters. The van der Waals surface area contributed by atoms with E-state index in [1.807, 2.05) is 42.6 Å². The maximum Gasteiger partial charge on any atom is 0.322 e. The van der Waals surface area contributed by atoms with Crippen molar-refractivity contribution in [2.45, 2.75) is 96.4 Å². The Labute approximate surface area is 357 Å². The summed E-state index contributed by atoms with van der Waals surface area (Å²) in [4.78, 5) is 68.5. The summed E-state index contributed by atoms with van der Waals surface area (Å²) in [5.41, 5.74) is 6.44. The Kier molecular flexibility index (Phi) is 13.2. The van der Waals surface area contributed by atoms with E-state index in [4.69, 9.17) is 14.7 Å². The summed E-state index contributed by atoms with van der Waals surface area (Å²) in [5.74, 6) is 0.0551. The van der Waals surface area contributed by atoms with Crippen LogP contribution in [0.3, 0.4) is 0 Å². The van der Waals surface area contributed by atoms with Crippen LogP contribution in [0, 0.1) is 0 Å². The Balaban J connectivity index is 0.738. The van der Waals surface area contributed by atoms with Crippen molar-refractivity contribution in [2.75, 3.05) is 70.0 Å². The number of hydrogen-bond donors (Lipinski definition) is 3. The molecule has 2 aromatic heterocycles. The van der Waals surface area contributed by atoms with E-state index < -0.39 is 6.04 Å². The molecule has 1 atom stereocenters. The Morgan fingerprint density at radius 2 is 1.66 bits per heavy atom. The highest BCUT2D eigenvalue weighted by molar-refractivity contribution is 6.05. The number of likely N-dealkylation sites (tertiary alicyclic amines) is 1. The molecule has 2 aromatic carbocycles. The Bertz CT molecular complexity index is 2210. The summed E-state index contributed by atoms with van der Waals surface area (Å²) in [5, 5.41) is 13.5. The van der Waals surface area contributed by atoms with Crippen molar-refractivity contribution in [2.24, 2.45) is 0 Å². The molecule has 0 spiro atoms. The van der Waals surface area contributed by atoms with E-state index in [1.165, 1.54) is 0 Å². The van der Waals surface area contributed by atoms with E-state index in [0.717, 1.165) is 118 Å². The lowest BCUT2D eigenvalue weighted by Gasteiger charge is -2.34. The number of imide groups is 1. The predicted molar refractivity (Wildman–Crippen MR) is 231 cm³/mol. The van der Waals surface area contributed by atoms with Crippen LogP contribution in [0.5, 0.6) is 6.01 Å². The standard InChI is InChI=1S/C45H59N11O5/c1-30(2)36-28-47-56-41(36)50-45(61-34-17-21-52(3)22-18-34)51-44(56)46-27-31-11-13-33(14-12-31)48-39(57)10-6-20-54-25-23-53(24-26-54)19-5-8-32-7-4-9-35-37(32)29-55(43(35)60)38-15-16-40(58)49-42(38)59/h4,7,9,11-14,28,30,34,38H,5-6,8,10,15-27,29H2,1-3H3,(H,48,57)(H,46,50,51)(H,49,58,59). The molecule has 0 radical (unpaired) electrons. The number of ether oxygens (including phenoxy) is 1. The minimum Gasteiger partial charge on any atom is -0.460 e. The van der Waals surface area contributed by atoms with Gasteiger partial charge >= 0.3 is 6.01 Å². The summed E-state index contributed by atoms with van der Waals surface area (Å²) >= 11 is 0. The number of nitrogens with one attached hydrogen (secondary N) is 3. The number of piperazine rings is 1. The van der Waals surface area contributed by atoms with Gasteiger partial charge in [-0.1, -0.05) is 38.1 Å². The van der Waals surface area contributed by atoms with Gasteiger partial charge in [-0.2, -0.15) is 19.6 Å². The van der Waals surface area contributed by atoms with Gasteiger partial charge in [0.25, 0.3) is 5.91 Å². The molecule has 3 N–H and O–H groups in total. The molecule has 0 aliphatic carbocycles. The minimum atomic E-state index is -0.599. The number of aromatic nitrogens is 4. The average molecular weight is 834 g/mol. The van der Waals surface area contributed by atoms with Gasteiger partial charge in [0.2, 0.25) is 23.7 Å². The molecule has 0 saturated carbocycles. The number of nitrogens with zero attached hydrogens (tertiary/aromatic N) is 8. The van der Waals surface area contributed by atoms with Gasteiger partial charge in [0.1, 0.15) is 12.1 Å². The normalized spacial score (nSPS) is 19.4. The first kappa shape index (κ1) is 42.2. The number of rotatable bonds is 16. The molecular weight excluding hydrogens is 775 g/mol. The zero-order chi connectivity index (χ0) is 42.5. The van der Waals surface area contributed by atoms with Crippen molar-refractivity contribution >= 4 is 40.9 Å². The third-order valence-corrected chi connectivity index (χ3v) is 12.6. The monoisotopic (exact) mass is 833 g/mol. The van der Waals surface area contributed by atoms with Gasteiger partial charge in [-0.05, 0) is 99.5 Å². The first-order chi connectivity index (χ1) is 29.6. The Hall–Kier alpha value is -5.45. The van der Waals surface area contributed by atoms with Crippen LogP contribution in [0.25, 0.3) is 5.65 Å². The molecule has 4 aliphatic heterocycles. The predicted octanol–water partition coefficient (Wildman–Crippen LogP) is 4.06. The number of carbonyl (C=O) groups is 4. The Morgan fingerprint density at radius 3 is 2.38 bits per heavy atom. The molecule has 3 saturated heterocycles.